The SMILES string of the molecule is Cc1cn([C@@H]2O[C@@H](CO)[C@@H](O)[C@@H](O)[C@@H]2O)c(=O)[nH]c1=O. The highest BCUT2D eigenvalue weighted by Crippen LogP contribution is 2.27. The molecule has 0 aliphatic carbocycles. The van der Waals surface area contributed by atoms with Gasteiger partial charge in [0.15, 0.2) is 6.23 Å². The van der Waals surface area contributed by atoms with Gasteiger partial charge < -0.3 is 25.2 Å². The summed E-state index contributed by atoms with van der Waals surface area (Å²) in [5.74, 6) is 0. The minimum atomic E-state index is -1.59. The quantitative estimate of drug-likeness (QED) is 0.385. The third kappa shape index (κ3) is 2.41. The average Bonchev–Trinajstić information content (AvgIpc) is 2.41. The van der Waals surface area contributed by atoms with Crippen LogP contribution in [0.15, 0.2) is 15.8 Å². The van der Waals surface area contributed by atoms with E-state index in [1.165, 1.54) is 13.1 Å². The lowest BCUT2D eigenvalue weighted by molar-refractivity contribution is -0.252. The van der Waals surface area contributed by atoms with E-state index >= 15 is 0 Å². The van der Waals surface area contributed by atoms with Gasteiger partial charge in [0, 0.05) is 11.8 Å². The highest BCUT2D eigenvalue weighted by molar-refractivity contribution is 5.03. The van der Waals surface area contributed by atoms with Crippen LogP contribution in [0.1, 0.15) is 11.8 Å². The zero-order chi connectivity index (χ0) is 15.0. The molecular formula is C11H16N2O7. The van der Waals surface area contributed by atoms with E-state index in [2.05, 4.69) is 0 Å². The first-order valence-corrected chi connectivity index (χ1v) is 5.99. The molecule has 0 bridgehead atoms. The van der Waals surface area contributed by atoms with Gasteiger partial charge >= 0.3 is 5.69 Å². The van der Waals surface area contributed by atoms with Gasteiger partial charge in [0.05, 0.1) is 6.61 Å². The van der Waals surface area contributed by atoms with Crippen molar-refractivity contribution in [1.29, 1.82) is 0 Å². The second-order valence-electron chi connectivity index (χ2n) is 4.70. The van der Waals surface area contributed by atoms with E-state index in [9.17, 15) is 24.9 Å². The van der Waals surface area contributed by atoms with E-state index in [1.807, 2.05) is 4.98 Å². The first kappa shape index (κ1) is 14.9. The first-order valence-electron chi connectivity index (χ1n) is 5.99. The van der Waals surface area contributed by atoms with Crippen molar-refractivity contribution in [1.82, 2.24) is 9.55 Å². The Morgan fingerprint density at radius 1 is 1.25 bits per heavy atom. The predicted octanol–water partition coefficient (Wildman–Crippen LogP) is -3.18. The lowest BCUT2D eigenvalue weighted by Gasteiger charge is -2.40. The van der Waals surface area contributed by atoms with E-state index in [4.69, 9.17) is 9.84 Å². The minimum absolute atomic E-state index is 0.210. The highest BCUT2D eigenvalue weighted by atomic mass is 16.6. The fraction of sp³-hybridized carbons (Fsp3) is 0.636. The summed E-state index contributed by atoms with van der Waals surface area (Å²) in [6, 6.07) is 0. The molecule has 5 atom stereocenters. The van der Waals surface area contributed by atoms with Crippen LogP contribution in [0.2, 0.25) is 0 Å². The molecule has 2 heterocycles. The van der Waals surface area contributed by atoms with Crippen molar-refractivity contribution in [3.63, 3.8) is 0 Å². The number of nitrogens with one attached hydrogen (secondary N) is 1. The number of aryl methyl sites for hydroxylation is 1. The third-order valence-electron chi connectivity index (χ3n) is 3.29. The van der Waals surface area contributed by atoms with E-state index in [0.29, 0.717) is 0 Å². The molecule has 0 radical (unpaired) electrons. The Morgan fingerprint density at radius 2 is 1.90 bits per heavy atom. The second-order valence-corrected chi connectivity index (χ2v) is 4.70. The Morgan fingerprint density at radius 3 is 2.50 bits per heavy atom. The van der Waals surface area contributed by atoms with Gasteiger partial charge in [-0.15, -0.1) is 0 Å². The van der Waals surface area contributed by atoms with Gasteiger partial charge in [0.2, 0.25) is 0 Å². The van der Waals surface area contributed by atoms with Crippen LogP contribution in [0.3, 0.4) is 0 Å². The Balaban J connectivity index is 2.44. The number of nitrogens with zero attached hydrogens (tertiary/aromatic N) is 1. The molecule has 0 saturated carbocycles. The summed E-state index contributed by atoms with van der Waals surface area (Å²) in [7, 11) is 0. The fourth-order valence-corrected chi connectivity index (χ4v) is 2.09. The van der Waals surface area contributed by atoms with E-state index in [-0.39, 0.29) is 5.56 Å². The molecule has 1 aliphatic heterocycles. The largest absolute Gasteiger partial charge is 0.394 e. The van der Waals surface area contributed by atoms with Crippen molar-refractivity contribution >= 4 is 0 Å². The molecule has 1 aromatic heterocycles. The van der Waals surface area contributed by atoms with E-state index in [1.54, 1.807) is 0 Å². The van der Waals surface area contributed by atoms with Crippen LogP contribution in [0, 0.1) is 6.92 Å². The topological polar surface area (TPSA) is 145 Å². The summed E-state index contributed by atoms with van der Waals surface area (Å²) >= 11 is 0. The fourth-order valence-electron chi connectivity index (χ4n) is 2.09. The molecule has 9 nitrogen and oxygen atoms in total. The Labute approximate surface area is 112 Å². The number of hydrogen-bond donors (Lipinski definition) is 5. The van der Waals surface area contributed by atoms with Gasteiger partial charge in [0.25, 0.3) is 5.56 Å². The van der Waals surface area contributed by atoms with Crippen LogP contribution in [0.4, 0.5) is 0 Å². The van der Waals surface area contributed by atoms with Crippen molar-refractivity contribution in [3.05, 3.63) is 32.6 Å². The van der Waals surface area contributed by atoms with Gasteiger partial charge in [-0.2, -0.15) is 0 Å². The van der Waals surface area contributed by atoms with Gasteiger partial charge in [-0.3, -0.25) is 14.3 Å². The van der Waals surface area contributed by atoms with E-state index in [0.717, 1.165) is 4.57 Å². The van der Waals surface area contributed by atoms with Crippen LogP contribution in [-0.4, -0.2) is 61.0 Å². The van der Waals surface area contributed by atoms with Crippen LogP contribution < -0.4 is 11.2 Å². The molecular weight excluding hydrogens is 272 g/mol. The van der Waals surface area contributed by atoms with Crippen LogP contribution >= 0.6 is 0 Å². The highest BCUT2D eigenvalue weighted by Gasteiger charge is 2.44. The van der Waals surface area contributed by atoms with Crippen LogP contribution in [0.5, 0.6) is 0 Å². The summed E-state index contributed by atoms with van der Waals surface area (Å²) < 4.78 is 6.13. The zero-order valence-electron chi connectivity index (χ0n) is 10.6. The van der Waals surface area contributed by atoms with Crippen LogP contribution in [0.25, 0.3) is 0 Å². The van der Waals surface area contributed by atoms with Gasteiger partial charge in [-0.1, -0.05) is 0 Å². The monoisotopic (exact) mass is 288 g/mol. The van der Waals surface area contributed by atoms with E-state index < -0.39 is 48.5 Å². The maximum absolute atomic E-state index is 11.7. The van der Waals surface area contributed by atoms with Gasteiger partial charge in [0.1, 0.15) is 24.4 Å². The van der Waals surface area contributed by atoms with Crippen molar-refractivity contribution in [3.8, 4) is 0 Å². The van der Waals surface area contributed by atoms with Crippen molar-refractivity contribution in [2.24, 2.45) is 0 Å². The predicted molar refractivity (Wildman–Crippen MR) is 65.1 cm³/mol. The Bertz CT molecular complexity index is 593. The molecule has 5 N–H and O–H groups in total. The second kappa shape index (κ2) is 5.46. The van der Waals surface area contributed by atoms with Crippen molar-refractivity contribution in [2.45, 2.75) is 37.6 Å². The van der Waals surface area contributed by atoms with Gasteiger partial charge in [-0.25, -0.2) is 4.79 Å². The molecule has 112 valence electrons. The lowest BCUT2D eigenvalue weighted by atomic mass is 9.98. The number of rotatable bonds is 2. The minimum Gasteiger partial charge on any atom is -0.394 e. The number of hydrogen-bond acceptors (Lipinski definition) is 7. The molecule has 20 heavy (non-hydrogen) atoms. The maximum Gasteiger partial charge on any atom is 0.330 e. The average molecular weight is 288 g/mol. The first-order chi connectivity index (χ1) is 9.36. The number of aliphatic hydroxyl groups is 4. The Hall–Kier alpha value is -1.52. The summed E-state index contributed by atoms with van der Waals surface area (Å²) in [6.07, 6.45) is -5.97. The molecule has 0 spiro atoms. The molecule has 1 saturated heterocycles. The summed E-state index contributed by atoms with van der Waals surface area (Å²) in [5, 5.41) is 38.3. The molecule has 9 heteroatoms. The molecule has 2 rings (SSSR count). The molecule has 1 aliphatic rings. The molecule has 0 amide bonds. The lowest BCUT2D eigenvalue weighted by Crippen LogP contribution is -2.58. The smallest absolute Gasteiger partial charge is 0.330 e. The van der Waals surface area contributed by atoms with Gasteiger partial charge in [-0.05, 0) is 6.92 Å². The number of ether oxygens (including phenoxy) is 1. The Kier molecular flexibility index (Phi) is 4.06. The van der Waals surface area contributed by atoms with Crippen molar-refractivity contribution < 1.29 is 25.2 Å². The molecule has 1 aromatic rings. The maximum atomic E-state index is 11.7. The number of aromatic amines is 1. The third-order valence-corrected chi connectivity index (χ3v) is 3.29. The number of H-pyrrole nitrogens is 1. The summed E-state index contributed by atoms with van der Waals surface area (Å²) in [5.41, 5.74) is -1.19. The number of aromatic nitrogens is 2. The standard InChI is InChI=1S/C11H16N2O7/c1-4-2-13(11(19)12-9(4)18)10-8(17)7(16)6(15)5(3-14)20-10/h2,5-8,10,14-17H,3H2,1H3,(H,12,18,19)/t5-,6+,7+,8-,10+/m0/s1. The number of aliphatic hydroxyl groups excluding tert-OH is 4. The summed E-state index contributed by atoms with van der Waals surface area (Å²) in [6.45, 7) is 0.858. The zero-order valence-corrected chi connectivity index (χ0v) is 10.6. The summed E-state index contributed by atoms with van der Waals surface area (Å²) in [4.78, 5) is 25.1. The van der Waals surface area contributed by atoms with Crippen molar-refractivity contribution in [2.75, 3.05) is 6.61 Å². The molecule has 0 unspecified atom stereocenters. The normalized spacial score (nSPS) is 34.1. The molecule has 1 fully saturated rings. The van der Waals surface area contributed by atoms with Crippen LogP contribution in [-0.2, 0) is 4.74 Å². The molecule has 0 aromatic carbocycles.